The molecule has 94 valence electrons. The number of Topliss-reactive ketones (excluding diaryl/α,β-unsaturated/α-hetero) is 1. The van der Waals surface area contributed by atoms with Crippen LogP contribution in [0.5, 0.6) is 0 Å². The Labute approximate surface area is 101 Å². The zero-order valence-corrected chi connectivity index (χ0v) is 9.19. The average molecular weight is 254 g/mol. The van der Waals surface area contributed by atoms with Crippen molar-refractivity contribution in [1.29, 1.82) is 0 Å². The zero-order chi connectivity index (χ0) is 13.2. The first-order chi connectivity index (χ1) is 8.47. The molecule has 0 radical (unpaired) electrons. The summed E-state index contributed by atoms with van der Waals surface area (Å²) in [5.41, 5.74) is -0.780. The first kappa shape index (κ1) is 12.3. The Hall–Kier alpha value is -2.11. The number of nitrogens with zero attached hydrogens (tertiary/aromatic N) is 2. The minimum absolute atomic E-state index is 0.0265. The molecule has 0 aliphatic heterocycles. The smallest absolute Gasteiger partial charge is 0.330 e. The van der Waals surface area contributed by atoms with E-state index in [1.54, 1.807) is 6.20 Å². The molecule has 0 bridgehead atoms. The highest BCUT2D eigenvalue weighted by molar-refractivity contribution is 5.96. The van der Waals surface area contributed by atoms with Gasteiger partial charge in [-0.25, -0.2) is 4.98 Å². The number of ketones is 1. The van der Waals surface area contributed by atoms with Crippen LogP contribution in [-0.4, -0.2) is 15.3 Å². The molecular weight excluding hydrogens is 245 g/mol. The summed E-state index contributed by atoms with van der Waals surface area (Å²) in [7, 11) is 0. The van der Waals surface area contributed by atoms with Gasteiger partial charge in [-0.3, -0.25) is 4.79 Å². The molecule has 2 aromatic rings. The van der Waals surface area contributed by atoms with E-state index in [9.17, 15) is 18.0 Å². The van der Waals surface area contributed by atoms with Gasteiger partial charge in [0.05, 0.1) is 18.4 Å². The Kier molecular flexibility index (Phi) is 3.18. The number of benzene rings is 1. The van der Waals surface area contributed by atoms with E-state index in [2.05, 4.69) is 4.98 Å². The predicted octanol–water partition coefficient (Wildman–Crippen LogP) is 2.78. The number of rotatable bonds is 3. The van der Waals surface area contributed by atoms with Crippen molar-refractivity contribution in [1.82, 2.24) is 9.55 Å². The topological polar surface area (TPSA) is 34.9 Å². The van der Waals surface area contributed by atoms with E-state index in [1.807, 2.05) is 0 Å². The second-order valence-corrected chi connectivity index (χ2v) is 3.74. The van der Waals surface area contributed by atoms with Crippen LogP contribution >= 0.6 is 0 Å². The maximum atomic E-state index is 12.5. The lowest BCUT2D eigenvalue weighted by Gasteiger charge is -2.08. The highest BCUT2D eigenvalue weighted by atomic mass is 19.4. The van der Waals surface area contributed by atoms with E-state index in [0.717, 1.165) is 12.1 Å². The molecule has 0 aliphatic rings. The number of halogens is 3. The number of hydrogen-bond acceptors (Lipinski definition) is 2. The minimum Gasteiger partial charge on any atom is -0.330 e. The second kappa shape index (κ2) is 4.64. The van der Waals surface area contributed by atoms with Crippen molar-refractivity contribution in [3.05, 3.63) is 54.1 Å². The fourth-order valence-corrected chi connectivity index (χ4v) is 1.51. The molecule has 3 nitrogen and oxygen atoms in total. The van der Waals surface area contributed by atoms with Gasteiger partial charge in [0.2, 0.25) is 0 Å². The molecule has 0 aliphatic carbocycles. The molecule has 0 amide bonds. The van der Waals surface area contributed by atoms with Gasteiger partial charge in [0.1, 0.15) is 0 Å². The lowest BCUT2D eigenvalue weighted by Crippen LogP contribution is -2.11. The Morgan fingerprint density at radius 2 is 2.11 bits per heavy atom. The van der Waals surface area contributed by atoms with Crippen LogP contribution in [0, 0.1) is 0 Å². The van der Waals surface area contributed by atoms with Crippen molar-refractivity contribution < 1.29 is 18.0 Å². The van der Waals surface area contributed by atoms with E-state index >= 15 is 0 Å². The fourth-order valence-electron chi connectivity index (χ4n) is 1.51. The molecule has 1 heterocycles. The molecule has 1 aromatic carbocycles. The molecule has 0 saturated carbocycles. The van der Waals surface area contributed by atoms with Crippen molar-refractivity contribution in [2.45, 2.75) is 12.7 Å². The number of aromatic nitrogens is 2. The van der Waals surface area contributed by atoms with Gasteiger partial charge < -0.3 is 4.57 Å². The highest BCUT2D eigenvalue weighted by Crippen LogP contribution is 2.29. The molecule has 1 aromatic heterocycles. The second-order valence-electron chi connectivity index (χ2n) is 3.74. The highest BCUT2D eigenvalue weighted by Gasteiger charge is 2.30. The molecular formula is C12H9F3N2O. The monoisotopic (exact) mass is 254 g/mol. The summed E-state index contributed by atoms with van der Waals surface area (Å²) in [6.07, 6.45) is 0.0712. The summed E-state index contributed by atoms with van der Waals surface area (Å²) >= 11 is 0. The van der Waals surface area contributed by atoms with Crippen molar-refractivity contribution in [2.24, 2.45) is 0 Å². The predicted molar refractivity (Wildman–Crippen MR) is 58.0 cm³/mol. The first-order valence-corrected chi connectivity index (χ1v) is 5.13. The van der Waals surface area contributed by atoms with Gasteiger partial charge in [0, 0.05) is 18.0 Å². The average Bonchev–Trinajstić information content (AvgIpc) is 2.81. The lowest BCUT2D eigenvalue weighted by molar-refractivity contribution is -0.137. The van der Waals surface area contributed by atoms with Gasteiger partial charge in [-0.2, -0.15) is 13.2 Å². The summed E-state index contributed by atoms with van der Waals surface area (Å²) in [6.45, 7) is -0.0265. The van der Waals surface area contributed by atoms with E-state index in [0.29, 0.717) is 0 Å². The van der Waals surface area contributed by atoms with Gasteiger partial charge in [0.15, 0.2) is 5.78 Å². The number of imidazole rings is 1. The molecule has 2 rings (SSSR count). The van der Waals surface area contributed by atoms with Gasteiger partial charge in [0.25, 0.3) is 0 Å². The molecule has 0 spiro atoms. The van der Waals surface area contributed by atoms with Crippen molar-refractivity contribution in [2.75, 3.05) is 0 Å². The largest absolute Gasteiger partial charge is 0.416 e. The molecule has 6 heteroatoms. The molecule has 18 heavy (non-hydrogen) atoms. The third-order valence-corrected chi connectivity index (χ3v) is 2.40. The quantitative estimate of drug-likeness (QED) is 0.789. The molecule has 0 N–H and O–H groups in total. The number of hydrogen-bond donors (Lipinski definition) is 0. The van der Waals surface area contributed by atoms with E-state index < -0.39 is 11.7 Å². The zero-order valence-electron chi connectivity index (χ0n) is 9.19. The lowest BCUT2D eigenvalue weighted by atomic mass is 10.1. The van der Waals surface area contributed by atoms with E-state index in [1.165, 1.54) is 29.2 Å². The van der Waals surface area contributed by atoms with Crippen LogP contribution in [0.4, 0.5) is 13.2 Å². The Balaban J connectivity index is 2.21. The minimum atomic E-state index is -4.44. The van der Waals surface area contributed by atoms with Crippen LogP contribution in [0.3, 0.4) is 0 Å². The van der Waals surface area contributed by atoms with Crippen LogP contribution in [0.1, 0.15) is 15.9 Å². The summed E-state index contributed by atoms with van der Waals surface area (Å²) < 4.78 is 38.9. The SMILES string of the molecule is O=C(Cn1ccnc1)c1cccc(C(F)(F)F)c1. The van der Waals surface area contributed by atoms with Gasteiger partial charge in [-0.05, 0) is 12.1 Å². The first-order valence-electron chi connectivity index (χ1n) is 5.13. The van der Waals surface area contributed by atoms with Crippen molar-refractivity contribution >= 4 is 5.78 Å². The summed E-state index contributed by atoms with van der Waals surface area (Å²) in [5.74, 6) is -0.390. The van der Waals surface area contributed by atoms with Crippen LogP contribution in [0.2, 0.25) is 0 Å². The van der Waals surface area contributed by atoms with Crippen molar-refractivity contribution in [3.63, 3.8) is 0 Å². The van der Waals surface area contributed by atoms with Gasteiger partial charge in [-0.15, -0.1) is 0 Å². The molecule has 0 saturated heterocycles. The van der Waals surface area contributed by atoms with Gasteiger partial charge in [-0.1, -0.05) is 12.1 Å². The fraction of sp³-hybridized carbons (Fsp3) is 0.167. The number of carbonyl (C=O) groups excluding carboxylic acids is 1. The Morgan fingerprint density at radius 3 is 2.72 bits per heavy atom. The van der Waals surface area contributed by atoms with Crippen LogP contribution < -0.4 is 0 Å². The normalized spacial score (nSPS) is 11.5. The molecule has 0 fully saturated rings. The summed E-state index contributed by atoms with van der Waals surface area (Å²) in [4.78, 5) is 15.5. The van der Waals surface area contributed by atoms with Crippen LogP contribution in [-0.2, 0) is 12.7 Å². The third kappa shape index (κ3) is 2.77. The summed E-state index contributed by atoms with van der Waals surface area (Å²) in [6, 6.07) is 4.39. The molecule has 0 unspecified atom stereocenters. The van der Waals surface area contributed by atoms with Crippen LogP contribution in [0.25, 0.3) is 0 Å². The maximum Gasteiger partial charge on any atom is 0.416 e. The van der Waals surface area contributed by atoms with Crippen LogP contribution in [0.15, 0.2) is 43.0 Å². The third-order valence-electron chi connectivity index (χ3n) is 2.40. The number of carbonyl (C=O) groups is 1. The maximum absolute atomic E-state index is 12.5. The van der Waals surface area contributed by atoms with E-state index in [4.69, 9.17) is 0 Å². The Bertz CT molecular complexity index is 547. The van der Waals surface area contributed by atoms with Crippen molar-refractivity contribution in [3.8, 4) is 0 Å². The van der Waals surface area contributed by atoms with E-state index in [-0.39, 0.29) is 17.9 Å². The number of alkyl halides is 3. The molecule has 0 atom stereocenters. The standard InChI is InChI=1S/C12H9F3N2O/c13-12(14,15)10-3-1-2-9(6-10)11(18)7-17-5-4-16-8-17/h1-6,8H,7H2. The Morgan fingerprint density at radius 1 is 1.33 bits per heavy atom. The van der Waals surface area contributed by atoms with Gasteiger partial charge >= 0.3 is 6.18 Å². The summed E-state index contributed by atoms with van der Waals surface area (Å²) in [5, 5.41) is 0.